The van der Waals surface area contributed by atoms with E-state index in [4.69, 9.17) is 0 Å². The number of fused-ring (bicyclic) bond motifs is 5. The van der Waals surface area contributed by atoms with Crippen LogP contribution in [0.4, 0.5) is 0 Å². The van der Waals surface area contributed by atoms with Crippen molar-refractivity contribution in [3.05, 3.63) is 11.6 Å². The Labute approximate surface area is 134 Å². The molecule has 0 aromatic rings. The Morgan fingerprint density at radius 2 is 1.95 bits per heavy atom. The first-order valence-electron chi connectivity index (χ1n) is 9.17. The highest BCUT2D eigenvalue weighted by Crippen LogP contribution is 2.59. The maximum atomic E-state index is 10.9. The molecule has 3 aliphatic carbocycles. The van der Waals surface area contributed by atoms with E-state index in [1.165, 1.54) is 18.4 Å². The third kappa shape index (κ3) is 1.85. The maximum Gasteiger partial charge on any atom is 0.0769 e. The Balaban J connectivity index is 1.73. The highest BCUT2D eigenvalue weighted by atomic mass is 16.3. The molecule has 3 heteroatoms. The van der Waals surface area contributed by atoms with Crippen molar-refractivity contribution in [2.45, 2.75) is 71.1 Å². The van der Waals surface area contributed by atoms with Gasteiger partial charge in [-0.15, -0.1) is 0 Å². The fourth-order valence-corrected chi connectivity index (χ4v) is 6.32. The Kier molecular flexibility index (Phi) is 3.32. The summed E-state index contributed by atoms with van der Waals surface area (Å²) in [7, 11) is 0. The van der Waals surface area contributed by atoms with Crippen LogP contribution in [0.5, 0.6) is 0 Å². The van der Waals surface area contributed by atoms with E-state index in [2.05, 4.69) is 32.2 Å². The fraction of sp³-hybridized carbons (Fsp3) is 0.895. The van der Waals surface area contributed by atoms with Crippen LogP contribution >= 0.6 is 0 Å². The zero-order chi connectivity index (χ0) is 15.7. The second-order valence-corrected chi connectivity index (χ2v) is 9.02. The quantitative estimate of drug-likeness (QED) is 0.603. The predicted octanol–water partition coefficient (Wildman–Crippen LogP) is 2.48. The van der Waals surface area contributed by atoms with Gasteiger partial charge in [-0.1, -0.05) is 32.4 Å². The van der Waals surface area contributed by atoms with Gasteiger partial charge in [0.05, 0.1) is 12.2 Å². The smallest absolute Gasteiger partial charge is 0.0769 e. The fourth-order valence-electron chi connectivity index (χ4n) is 6.32. The molecule has 1 saturated heterocycles. The number of nitrogens with one attached hydrogen (secondary N) is 1. The highest BCUT2D eigenvalue weighted by Gasteiger charge is 2.59. The van der Waals surface area contributed by atoms with Crippen molar-refractivity contribution in [1.29, 1.82) is 0 Å². The normalized spacial score (nSPS) is 57.6. The van der Waals surface area contributed by atoms with Crippen LogP contribution in [0.1, 0.15) is 52.9 Å². The van der Waals surface area contributed by atoms with Crippen LogP contribution in [0, 0.1) is 28.6 Å². The second-order valence-electron chi connectivity index (χ2n) is 9.02. The number of hydrogen-bond acceptors (Lipinski definition) is 3. The summed E-state index contributed by atoms with van der Waals surface area (Å²) in [6.45, 7) is 8.26. The molecule has 22 heavy (non-hydrogen) atoms. The molecule has 2 saturated carbocycles. The average molecular weight is 305 g/mol. The topological polar surface area (TPSA) is 52.5 Å². The SMILES string of the molecule is C[C@H]1CCC2C3C(NC[C@@]21C)[C@@]1(C)CC[C@H](O)CC1=C[C@@H]3O. The third-order valence-electron chi connectivity index (χ3n) is 8.07. The van der Waals surface area contributed by atoms with Gasteiger partial charge < -0.3 is 15.5 Å². The summed E-state index contributed by atoms with van der Waals surface area (Å²) in [6, 6.07) is 0.373. The molecule has 0 spiro atoms. The van der Waals surface area contributed by atoms with E-state index in [0.717, 1.165) is 31.7 Å². The van der Waals surface area contributed by atoms with E-state index in [1.807, 2.05) is 0 Å². The van der Waals surface area contributed by atoms with Crippen molar-refractivity contribution in [3.63, 3.8) is 0 Å². The Morgan fingerprint density at radius 3 is 2.73 bits per heavy atom. The van der Waals surface area contributed by atoms with Crippen molar-refractivity contribution < 1.29 is 10.2 Å². The molecule has 3 nitrogen and oxygen atoms in total. The molecule has 0 bridgehead atoms. The summed E-state index contributed by atoms with van der Waals surface area (Å²) < 4.78 is 0. The van der Waals surface area contributed by atoms with Gasteiger partial charge in [0.15, 0.2) is 0 Å². The van der Waals surface area contributed by atoms with Gasteiger partial charge in [-0.3, -0.25) is 0 Å². The molecule has 3 unspecified atom stereocenters. The lowest BCUT2D eigenvalue weighted by atomic mass is 9.52. The lowest BCUT2D eigenvalue weighted by Crippen LogP contribution is -2.66. The number of rotatable bonds is 0. The molecule has 124 valence electrons. The van der Waals surface area contributed by atoms with Crippen molar-refractivity contribution in [2.75, 3.05) is 6.54 Å². The lowest BCUT2D eigenvalue weighted by molar-refractivity contribution is -0.0631. The standard InChI is InChI=1S/C19H31NO2/c1-11-4-5-14-16-15(22)9-12-8-13(21)6-7-18(12,2)17(16)20-10-19(11,14)3/h9,11,13-17,20-22H,4-8,10H2,1-3H3/t11-,13-,14?,15-,16?,17?,18-,19+/m0/s1. The summed E-state index contributed by atoms with van der Waals surface area (Å²) in [5, 5.41) is 24.8. The molecule has 3 fully saturated rings. The van der Waals surface area contributed by atoms with Crippen LogP contribution < -0.4 is 5.32 Å². The van der Waals surface area contributed by atoms with E-state index in [9.17, 15) is 10.2 Å². The monoisotopic (exact) mass is 305 g/mol. The van der Waals surface area contributed by atoms with Crippen LogP contribution in [-0.4, -0.2) is 35.0 Å². The zero-order valence-electron chi connectivity index (χ0n) is 14.2. The third-order valence-corrected chi connectivity index (χ3v) is 8.07. The Hall–Kier alpha value is -0.380. The van der Waals surface area contributed by atoms with E-state index in [1.54, 1.807) is 0 Å². The predicted molar refractivity (Wildman–Crippen MR) is 87.3 cm³/mol. The molecule has 0 radical (unpaired) electrons. The van der Waals surface area contributed by atoms with E-state index >= 15 is 0 Å². The Bertz CT molecular complexity index is 504. The van der Waals surface area contributed by atoms with Gasteiger partial charge in [-0.2, -0.15) is 0 Å². The van der Waals surface area contributed by atoms with Gasteiger partial charge in [0, 0.05) is 23.9 Å². The largest absolute Gasteiger partial charge is 0.393 e. The summed E-state index contributed by atoms with van der Waals surface area (Å²) in [4.78, 5) is 0. The van der Waals surface area contributed by atoms with Crippen LogP contribution in [0.15, 0.2) is 11.6 Å². The van der Waals surface area contributed by atoms with Crippen molar-refractivity contribution in [1.82, 2.24) is 5.32 Å². The summed E-state index contributed by atoms with van der Waals surface area (Å²) >= 11 is 0. The van der Waals surface area contributed by atoms with Gasteiger partial charge in [0.1, 0.15) is 0 Å². The molecular weight excluding hydrogens is 274 g/mol. The minimum absolute atomic E-state index is 0.121. The first kappa shape index (κ1) is 15.2. The summed E-state index contributed by atoms with van der Waals surface area (Å²) in [6.07, 6.45) is 6.79. The summed E-state index contributed by atoms with van der Waals surface area (Å²) in [5.74, 6) is 1.71. The molecule has 0 amide bonds. The maximum absolute atomic E-state index is 10.9. The van der Waals surface area contributed by atoms with Crippen molar-refractivity contribution >= 4 is 0 Å². The lowest BCUT2D eigenvalue weighted by Gasteiger charge is -2.59. The molecule has 3 N–H and O–H groups in total. The average Bonchev–Trinajstić information content (AvgIpc) is 2.77. The minimum Gasteiger partial charge on any atom is -0.393 e. The van der Waals surface area contributed by atoms with Crippen molar-refractivity contribution in [3.8, 4) is 0 Å². The zero-order valence-corrected chi connectivity index (χ0v) is 14.2. The molecule has 0 aromatic carbocycles. The van der Waals surface area contributed by atoms with E-state index < -0.39 is 0 Å². The van der Waals surface area contributed by atoms with Crippen LogP contribution in [0.2, 0.25) is 0 Å². The number of hydrogen-bond donors (Lipinski definition) is 3. The van der Waals surface area contributed by atoms with Gasteiger partial charge in [-0.05, 0) is 49.4 Å². The second kappa shape index (κ2) is 4.81. The highest BCUT2D eigenvalue weighted by molar-refractivity contribution is 5.30. The molecule has 1 aliphatic heterocycles. The number of piperidine rings is 1. The van der Waals surface area contributed by atoms with Gasteiger partial charge >= 0.3 is 0 Å². The Morgan fingerprint density at radius 1 is 1.18 bits per heavy atom. The molecule has 8 atom stereocenters. The van der Waals surface area contributed by atoms with Crippen molar-refractivity contribution in [2.24, 2.45) is 28.6 Å². The number of aliphatic hydroxyl groups is 2. The first-order valence-corrected chi connectivity index (χ1v) is 9.17. The van der Waals surface area contributed by atoms with Gasteiger partial charge in [0.2, 0.25) is 0 Å². The first-order chi connectivity index (χ1) is 10.4. The van der Waals surface area contributed by atoms with Crippen LogP contribution in [0.3, 0.4) is 0 Å². The molecule has 4 aliphatic rings. The number of aliphatic hydroxyl groups excluding tert-OH is 2. The minimum atomic E-state index is -0.346. The van der Waals surface area contributed by atoms with Gasteiger partial charge in [0.25, 0.3) is 0 Å². The molecule has 1 heterocycles. The van der Waals surface area contributed by atoms with Crippen LogP contribution in [-0.2, 0) is 0 Å². The van der Waals surface area contributed by atoms with E-state index in [0.29, 0.717) is 23.3 Å². The molecular formula is C19H31NO2. The van der Waals surface area contributed by atoms with Gasteiger partial charge in [-0.25, -0.2) is 0 Å². The van der Waals surface area contributed by atoms with Crippen LogP contribution in [0.25, 0.3) is 0 Å². The molecule has 4 rings (SSSR count). The van der Waals surface area contributed by atoms with E-state index in [-0.39, 0.29) is 17.6 Å². The molecule has 0 aromatic heterocycles. The summed E-state index contributed by atoms with van der Waals surface area (Å²) in [5.41, 5.74) is 1.75.